The summed E-state index contributed by atoms with van der Waals surface area (Å²) in [5.41, 5.74) is 1.37. The Morgan fingerprint density at radius 2 is 1.84 bits per heavy atom. The third-order valence-corrected chi connectivity index (χ3v) is 5.70. The van der Waals surface area contributed by atoms with Gasteiger partial charge in [0.2, 0.25) is 5.91 Å². The molecule has 1 aliphatic heterocycles. The Kier molecular flexibility index (Phi) is 8.41. The summed E-state index contributed by atoms with van der Waals surface area (Å²) in [4.78, 5) is 39.8. The van der Waals surface area contributed by atoms with E-state index in [9.17, 15) is 9.59 Å². The molecular formula is C24H33N5O3. The molecule has 3 rings (SSSR count). The second kappa shape index (κ2) is 11.5. The third kappa shape index (κ3) is 6.18. The Labute approximate surface area is 190 Å². The quantitative estimate of drug-likeness (QED) is 0.598. The van der Waals surface area contributed by atoms with Crippen molar-refractivity contribution in [3.05, 3.63) is 48.5 Å². The van der Waals surface area contributed by atoms with E-state index in [-0.39, 0.29) is 11.8 Å². The molecule has 32 heavy (non-hydrogen) atoms. The minimum absolute atomic E-state index is 0.0752. The van der Waals surface area contributed by atoms with Crippen LogP contribution in [-0.2, 0) is 4.79 Å². The Morgan fingerprint density at radius 1 is 1.09 bits per heavy atom. The van der Waals surface area contributed by atoms with Gasteiger partial charge in [-0.05, 0) is 24.5 Å². The topological polar surface area (TPSA) is 78.9 Å². The van der Waals surface area contributed by atoms with E-state index in [1.807, 2.05) is 29.2 Å². The molecule has 172 valence electrons. The van der Waals surface area contributed by atoms with Gasteiger partial charge in [-0.2, -0.15) is 0 Å². The lowest BCUT2D eigenvalue weighted by Gasteiger charge is -2.37. The van der Waals surface area contributed by atoms with E-state index >= 15 is 0 Å². The molecule has 0 bridgehead atoms. The van der Waals surface area contributed by atoms with Crippen molar-refractivity contribution in [3.63, 3.8) is 0 Å². The minimum atomic E-state index is -0.174. The van der Waals surface area contributed by atoms with Crippen LogP contribution < -0.4 is 9.64 Å². The maximum Gasteiger partial charge on any atom is 0.274 e. The summed E-state index contributed by atoms with van der Waals surface area (Å²) >= 11 is 0. The lowest BCUT2D eigenvalue weighted by Crippen LogP contribution is -2.49. The first-order valence-electron chi connectivity index (χ1n) is 11.2. The zero-order chi connectivity index (χ0) is 22.9. The van der Waals surface area contributed by atoms with Crippen LogP contribution in [0.2, 0.25) is 0 Å². The molecule has 1 aliphatic rings. The highest BCUT2D eigenvalue weighted by molar-refractivity contribution is 5.92. The molecule has 0 radical (unpaired) electrons. The molecule has 0 unspecified atom stereocenters. The highest BCUT2D eigenvalue weighted by atomic mass is 16.5. The average Bonchev–Trinajstić information content (AvgIpc) is 2.84. The van der Waals surface area contributed by atoms with Gasteiger partial charge in [-0.1, -0.05) is 26.0 Å². The van der Waals surface area contributed by atoms with Gasteiger partial charge in [-0.15, -0.1) is 0 Å². The lowest BCUT2D eigenvalue weighted by molar-refractivity contribution is -0.131. The smallest absolute Gasteiger partial charge is 0.274 e. The summed E-state index contributed by atoms with van der Waals surface area (Å²) in [6, 6.07) is 7.94. The van der Waals surface area contributed by atoms with Gasteiger partial charge >= 0.3 is 0 Å². The van der Waals surface area contributed by atoms with Gasteiger partial charge in [0.1, 0.15) is 11.4 Å². The van der Waals surface area contributed by atoms with E-state index < -0.39 is 0 Å². The van der Waals surface area contributed by atoms with Gasteiger partial charge in [0.25, 0.3) is 5.91 Å². The van der Waals surface area contributed by atoms with Crippen LogP contribution in [0.25, 0.3) is 0 Å². The van der Waals surface area contributed by atoms with E-state index in [0.29, 0.717) is 44.2 Å². The number of anilines is 1. The van der Waals surface area contributed by atoms with Crippen LogP contribution in [-0.4, -0.2) is 78.0 Å². The van der Waals surface area contributed by atoms with Gasteiger partial charge in [-0.3, -0.25) is 14.6 Å². The van der Waals surface area contributed by atoms with Gasteiger partial charge in [0.05, 0.1) is 19.0 Å². The second-order valence-corrected chi connectivity index (χ2v) is 8.36. The van der Waals surface area contributed by atoms with Crippen LogP contribution in [0.15, 0.2) is 42.9 Å². The summed E-state index contributed by atoms with van der Waals surface area (Å²) < 4.78 is 5.47. The molecule has 0 spiro atoms. The first kappa shape index (κ1) is 23.5. The van der Waals surface area contributed by atoms with E-state index in [4.69, 9.17) is 4.74 Å². The summed E-state index contributed by atoms with van der Waals surface area (Å²) in [6.45, 7) is 8.04. The predicted molar refractivity (Wildman–Crippen MR) is 124 cm³/mol. The first-order valence-corrected chi connectivity index (χ1v) is 11.2. The van der Waals surface area contributed by atoms with E-state index in [0.717, 1.165) is 30.9 Å². The average molecular weight is 440 g/mol. The first-order chi connectivity index (χ1) is 15.5. The molecule has 1 aromatic heterocycles. The van der Waals surface area contributed by atoms with Crippen molar-refractivity contribution >= 4 is 17.5 Å². The number of carbonyl (C=O) groups is 2. The minimum Gasteiger partial charge on any atom is -0.495 e. The molecule has 1 fully saturated rings. The van der Waals surface area contributed by atoms with E-state index in [2.05, 4.69) is 28.7 Å². The van der Waals surface area contributed by atoms with Crippen molar-refractivity contribution < 1.29 is 14.3 Å². The van der Waals surface area contributed by atoms with Crippen LogP contribution in [0.1, 0.15) is 37.2 Å². The number of amides is 2. The van der Waals surface area contributed by atoms with Crippen molar-refractivity contribution in [3.8, 4) is 5.75 Å². The van der Waals surface area contributed by atoms with Crippen LogP contribution in [0.5, 0.6) is 5.75 Å². The van der Waals surface area contributed by atoms with Crippen LogP contribution >= 0.6 is 0 Å². The summed E-state index contributed by atoms with van der Waals surface area (Å²) in [6.07, 6.45) is 5.71. The lowest BCUT2D eigenvalue weighted by atomic mass is 10.1. The van der Waals surface area contributed by atoms with Crippen molar-refractivity contribution in [2.75, 3.05) is 51.3 Å². The molecule has 1 aromatic carbocycles. The standard InChI is InChI=1S/C24H33N5O3/c1-19(2)8-12-29(24(31)20-18-25-10-11-26-20)13-9-23(30)28-16-14-27(15-17-28)21-6-4-5-7-22(21)32-3/h4-7,10-11,18-19H,8-9,12-17H2,1-3H3. The van der Waals surface area contributed by atoms with Crippen molar-refractivity contribution in [2.24, 2.45) is 5.92 Å². The number of methoxy groups -OCH3 is 1. The predicted octanol–water partition coefficient (Wildman–Crippen LogP) is 2.71. The van der Waals surface area contributed by atoms with Crippen molar-refractivity contribution in [2.45, 2.75) is 26.7 Å². The maximum absolute atomic E-state index is 12.9. The van der Waals surface area contributed by atoms with Crippen LogP contribution in [0, 0.1) is 5.92 Å². The monoisotopic (exact) mass is 439 g/mol. The maximum atomic E-state index is 12.9. The molecule has 0 atom stereocenters. The zero-order valence-electron chi connectivity index (χ0n) is 19.2. The molecular weight excluding hydrogens is 406 g/mol. The third-order valence-electron chi connectivity index (χ3n) is 5.70. The van der Waals surface area contributed by atoms with Crippen LogP contribution in [0.3, 0.4) is 0 Å². The molecule has 2 amide bonds. The second-order valence-electron chi connectivity index (χ2n) is 8.36. The number of aromatic nitrogens is 2. The normalized spacial score (nSPS) is 13.9. The molecule has 2 heterocycles. The van der Waals surface area contributed by atoms with Gasteiger partial charge in [0.15, 0.2) is 0 Å². The van der Waals surface area contributed by atoms with Gasteiger partial charge in [-0.25, -0.2) is 4.98 Å². The number of para-hydroxylation sites is 2. The summed E-state index contributed by atoms with van der Waals surface area (Å²) in [7, 11) is 1.67. The molecule has 2 aromatic rings. The van der Waals surface area contributed by atoms with E-state index in [1.165, 1.54) is 12.4 Å². The zero-order valence-corrected chi connectivity index (χ0v) is 19.2. The van der Waals surface area contributed by atoms with Crippen molar-refractivity contribution in [1.82, 2.24) is 19.8 Å². The fourth-order valence-electron chi connectivity index (χ4n) is 3.78. The number of benzene rings is 1. The molecule has 0 aliphatic carbocycles. The summed E-state index contributed by atoms with van der Waals surface area (Å²) in [5, 5.41) is 0. The highest BCUT2D eigenvalue weighted by Crippen LogP contribution is 2.28. The number of ether oxygens (including phenoxy) is 1. The largest absolute Gasteiger partial charge is 0.495 e. The number of nitrogens with zero attached hydrogens (tertiary/aromatic N) is 5. The van der Waals surface area contributed by atoms with Gasteiger partial charge < -0.3 is 19.4 Å². The Morgan fingerprint density at radius 3 is 2.50 bits per heavy atom. The van der Waals surface area contributed by atoms with E-state index in [1.54, 1.807) is 18.2 Å². The highest BCUT2D eigenvalue weighted by Gasteiger charge is 2.24. The summed E-state index contributed by atoms with van der Waals surface area (Å²) in [5.74, 6) is 1.21. The number of carbonyl (C=O) groups excluding carboxylic acids is 2. The molecule has 8 heteroatoms. The number of hydrogen-bond acceptors (Lipinski definition) is 6. The molecule has 8 nitrogen and oxygen atoms in total. The van der Waals surface area contributed by atoms with Gasteiger partial charge in [0, 0.05) is 58.1 Å². The molecule has 1 saturated heterocycles. The Hall–Kier alpha value is -3.16. The number of hydrogen-bond donors (Lipinski definition) is 0. The Bertz CT molecular complexity index is 882. The fraction of sp³-hybridized carbons (Fsp3) is 0.500. The number of piperazine rings is 1. The molecule has 0 saturated carbocycles. The fourth-order valence-corrected chi connectivity index (χ4v) is 3.78. The Balaban J connectivity index is 1.55. The SMILES string of the molecule is COc1ccccc1N1CCN(C(=O)CCN(CCC(C)C)C(=O)c2cnccn2)CC1. The van der Waals surface area contributed by atoms with Crippen LogP contribution in [0.4, 0.5) is 5.69 Å². The molecule has 0 N–H and O–H groups in total. The van der Waals surface area contributed by atoms with Crippen molar-refractivity contribution in [1.29, 1.82) is 0 Å². The number of rotatable bonds is 9.